The summed E-state index contributed by atoms with van der Waals surface area (Å²) in [5, 5.41) is 19.4. The van der Waals surface area contributed by atoms with Crippen LogP contribution < -0.4 is 9.47 Å². The van der Waals surface area contributed by atoms with Crippen molar-refractivity contribution >= 4 is 11.9 Å². The Labute approximate surface area is 128 Å². The van der Waals surface area contributed by atoms with Gasteiger partial charge in [-0.1, -0.05) is 0 Å². The number of methoxy groups -OCH3 is 2. The summed E-state index contributed by atoms with van der Waals surface area (Å²) in [6.07, 6.45) is 3.01. The number of aliphatic hydroxyl groups excluding tert-OH is 1. The van der Waals surface area contributed by atoms with Gasteiger partial charge in [-0.2, -0.15) is 0 Å². The molecular weight excluding hydrogens is 284 g/mol. The van der Waals surface area contributed by atoms with Gasteiger partial charge in [0.25, 0.3) is 0 Å². The van der Waals surface area contributed by atoms with E-state index in [1.165, 1.54) is 12.4 Å². The van der Waals surface area contributed by atoms with E-state index in [9.17, 15) is 10.2 Å². The van der Waals surface area contributed by atoms with E-state index in [4.69, 9.17) is 9.47 Å². The van der Waals surface area contributed by atoms with Crippen molar-refractivity contribution in [1.29, 1.82) is 0 Å². The zero-order chi connectivity index (χ0) is 16.1. The van der Waals surface area contributed by atoms with E-state index in [2.05, 4.69) is 9.98 Å². The van der Waals surface area contributed by atoms with Gasteiger partial charge >= 0.3 is 0 Å². The number of nitrogens with zero attached hydrogens (tertiary/aromatic N) is 2. The largest absolute Gasteiger partial charge is 0.505 e. The monoisotopic (exact) mass is 302 g/mol. The lowest BCUT2D eigenvalue weighted by atomic mass is 10.1. The minimum Gasteiger partial charge on any atom is -0.505 e. The van der Waals surface area contributed by atoms with Gasteiger partial charge < -0.3 is 19.7 Å². The van der Waals surface area contributed by atoms with Crippen LogP contribution in [-0.2, 0) is 6.61 Å². The molecule has 2 rings (SSSR count). The average Bonchev–Trinajstić information content (AvgIpc) is 2.55. The molecule has 0 fully saturated rings. The molecule has 0 spiro atoms. The zero-order valence-corrected chi connectivity index (χ0v) is 12.7. The quantitative estimate of drug-likeness (QED) is 0.828. The molecule has 1 heterocycles. The van der Waals surface area contributed by atoms with Crippen molar-refractivity contribution in [1.82, 2.24) is 4.98 Å². The summed E-state index contributed by atoms with van der Waals surface area (Å²) >= 11 is 0. The first kappa shape index (κ1) is 15.8. The topological polar surface area (TPSA) is 84.2 Å². The highest BCUT2D eigenvalue weighted by Gasteiger charge is 2.09. The van der Waals surface area contributed by atoms with E-state index in [0.717, 1.165) is 0 Å². The van der Waals surface area contributed by atoms with E-state index in [0.29, 0.717) is 34.0 Å². The molecule has 0 aliphatic carbocycles. The van der Waals surface area contributed by atoms with Crippen molar-refractivity contribution < 1.29 is 19.7 Å². The molecule has 22 heavy (non-hydrogen) atoms. The predicted octanol–water partition coefficient (Wildman–Crippen LogP) is 2.36. The standard InChI is InChI=1S/C16H18N2O4/c1-10-16(20)15(11(9-19)7-17-10)8-18-12-4-13(21-2)6-14(5-12)22-3/h4-8,19-20H,9H2,1-3H3. The summed E-state index contributed by atoms with van der Waals surface area (Å²) in [6.45, 7) is 1.45. The first-order valence-corrected chi connectivity index (χ1v) is 6.64. The van der Waals surface area contributed by atoms with Crippen LogP contribution in [0.25, 0.3) is 0 Å². The predicted molar refractivity (Wildman–Crippen MR) is 83.4 cm³/mol. The van der Waals surface area contributed by atoms with Crippen molar-refractivity contribution in [2.75, 3.05) is 14.2 Å². The third-order valence-corrected chi connectivity index (χ3v) is 3.21. The molecule has 2 N–H and O–H groups in total. The number of pyridine rings is 1. The second kappa shape index (κ2) is 6.91. The number of ether oxygens (including phenoxy) is 2. The van der Waals surface area contributed by atoms with Gasteiger partial charge in [0.1, 0.15) is 17.2 Å². The zero-order valence-electron chi connectivity index (χ0n) is 12.7. The highest BCUT2D eigenvalue weighted by molar-refractivity contribution is 5.87. The number of hydrogen-bond acceptors (Lipinski definition) is 6. The number of aromatic hydroxyl groups is 1. The maximum absolute atomic E-state index is 10.1. The van der Waals surface area contributed by atoms with Crippen LogP contribution >= 0.6 is 0 Å². The summed E-state index contributed by atoms with van der Waals surface area (Å²) in [5.41, 5.74) is 2.02. The average molecular weight is 302 g/mol. The Morgan fingerprint density at radius 1 is 1.18 bits per heavy atom. The first-order chi connectivity index (χ1) is 10.6. The van der Waals surface area contributed by atoms with Crippen molar-refractivity contribution in [2.24, 2.45) is 4.99 Å². The second-order valence-electron chi connectivity index (χ2n) is 4.62. The summed E-state index contributed by atoms with van der Waals surface area (Å²) in [4.78, 5) is 8.33. The van der Waals surface area contributed by atoms with E-state index in [-0.39, 0.29) is 12.4 Å². The normalized spacial score (nSPS) is 10.9. The number of aryl methyl sites for hydroxylation is 1. The number of benzene rings is 1. The highest BCUT2D eigenvalue weighted by Crippen LogP contribution is 2.28. The Morgan fingerprint density at radius 2 is 1.82 bits per heavy atom. The third-order valence-electron chi connectivity index (χ3n) is 3.21. The molecule has 0 atom stereocenters. The molecule has 116 valence electrons. The lowest BCUT2D eigenvalue weighted by molar-refractivity contribution is 0.280. The molecule has 0 amide bonds. The fourth-order valence-electron chi connectivity index (χ4n) is 1.93. The number of aromatic nitrogens is 1. The molecule has 0 saturated heterocycles. The summed E-state index contributed by atoms with van der Waals surface area (Å²) in [6, 6.07) is 5.22. The van der Waals surface area contributed by atoms with Crippen LogP contribution in [0.5, 0.6) is 17.2 Å². The number of aliphatic imine (C=N–C) groups is 1. The van der Waals surface area contributed by atoms with Crippen LogP contribution in [-0.4, -0.2) is 35.6 Å². The van der Waals surface area contributed by atoms with Gasteiger partial charge in [0.2, 0.25) is 0 Å². The minimum atomic E-state index is -0.233. The Morgan fingerprint density at radius 3 is 2.36 bits per heavy atom. The molecular formula is C16H18N2O4. The van der Waals surface area contributed by atoms with Crippen LogP contribution in [0, 0.1) is 6.92 Å². The number of hydrogen-bond donors (Lipinski definition) is 2. The Bertz CT molecular complexity index is 677. The molecule has 6 nitrogen and oxygen atoms in total. The molecule has 0 bridgehead atoms. The summed E-state index contributed by atoms with van der Waals surface area (Å²) in [7, 11) is 3.12. The van der Waals surface area contributed by atoms with Gasteiger partial charge in [0.05, 0.1) is 32.2 Å². The van der Waals surface area contributed by atoms with Gasteiger partial charge in [0.15, 0.2) is 0 Å². The van der Waals surface area contributed by atoms with E-state index in [1.807, 2.05) is 0 Å². The van der Waals surface area contributed by atoms with E-state index >= 15 is 0 Å². The van der Waals surface area contributed by atoms with Gasteiger partial charge in [0, 0.05) is 41.7 Å². The van der Waals surface area contributed by atoms with Crippen LogP contribution in [0.4, 0.5) is 5.69 Å². The fraction of sp³-hybridized carbons (Fsp3) is 0.250. The third kappa shape index (κ3) is 3.35. The van der Waals surface area contributed by atoms with Gasteiger partial charge in [-0.25, -0.2) is 0 Å². The summed E-state index contributed by atoms with van der Waals surface area (Å²) in [5.74, 6) is 1.23. The van der Waals surface area contributed by atoms with E-state index < -0.39 is 0 Å². The van der Waals surface area contributed by atoms with Crippen LogP contribution in [0.1, 0.15) is 16.8 Å². The Balaban J connectivity index is 2.42. The van der Waals surface area contributed by atoms with Crippen LogP contribution in [0.15, 0.2) is 29.4 Å². The lowest BCUT2D eigenvalue weighted by Gasteiger charge is -2.08. The van der Waals surface area contributed by atoms with Crippen molar-refractivity contribution in [3.05, 3.63) is 41.2 Å². The maximum atomic E-state index is 10.1. The molecule has 0 saturated carbocycles. The smallest absolute Gasteiger partial charge is 0.145 e. The number of aliphatic hydroxyl groups is 1. The molecule has 0 aliphatic rings. The first-order valence-electron chi connectivity index (χ1n) is 6.64. The van der Waals surface area contributed by atoms with Gasteiger partial charge in [-0.05, 0) is 6.92 Å². The number of rotatable bonds is 5. The highest BCUT2D eigenvalue weighted by atomic mass is 16.5. The molecule has 1 aromatic carbocycles. The van der Waals surface area contributed by atoms with Crippen molar-refractivity contribution in [2.45, 2.75) is 13.5 Å². The fourth-order valence-corrected chi connectivity index (χ4v) is 1.93. The SMILES string of the molecule is COc1cc(N=Cc2c(CO)cnc(C)c2O)cc(OC)c1. The maximum Gasteiger partial charge on any atom is 0.145 e. The minimum absolute atomic E-state index is 0.00478. The van der Waals surface area contributed by atoms with Crippen LogP contribution in [0.2, 0.25) is 0 Å². The molecule has 1 aromatic heterocycles. The van der Waals surface area contributed by atoms with Crippen molar-refractivity contribution in [3.63, 3.8) is 0 Å². The Hall–Kier alpha value is -2.60. The Kier molecular flexibility index (Phi) is 4.95. The second-order valence-corrected chi connectivity index (χ2v) is 4.62. The molecule has 2 aromatic rings. The molecule has 6 heteroatoms. The van der Waals surface area contributed by atoms with Gasteiger partial charge in [-0.15, -0.1) is 0 Å². The van der Waals surface area contributed by atoms with Crippen LogP contribution in [0.3, 0.4) is 0 Å². The molecule has 0 unspecified atom stereocenters. The van der Waals surface area contributed by atoms with E-state index in [1.54, 1.807) is 39.3 Å². The van der Waals surface area contributed by atoms with Gasteiger partial charge in [-0.3, -0.25) is 9.98 Å². The molecule has 0 aliphatic heterocycles. The summed E-state index contributed by atoms with van der Waals surface area (Å²) < 4.78 is 10.4. The molecule has 0 radical (unpaired) electrons. The lowest BCUT2D eigenvalue weighted by Crippen LogP contribution is -1.97. The van der Waals surface area contributed by atoms with Crippen molar-refractivity contribution in [3.8, 4) is 17.2 Å².